The third-order valence-electron chi connectivity index (χ3n) is 5.50. The summed E-state index contributed by atoms with van der Waals surface area (Å²) in [6, 6.07) is 9.24. The number of nitrogens with one attached hydrogen (secondary N) is 2. The third kappa shape index (κ3) is 4.13. The fourth-order valence-corrected chi connectivity index (χ4v) is 4.22. The predicted molar refractivity (Wildman–Crippen MR) is 111 cm³/mol. The molecule has 2 aliphatic rings. The van der Waals surface area contributed by atoms with Gasteiger partial charge in [-0.1, -0.05) is 0 Å². The Hall–Kier alpha value is -3.03. The maximum absolute atomic E-state index is 13.0. The summed E-state index contributed by atoms with van der Waals surface area (Å²) in [6.45, 7) is 0.667. The zero-order valence-electron chi connectivity index (χ0n) is 16.5. The smallest absolute Gasteiger partial charge is 0.247 e. The van der Waals surface area contributed by atoms with E-state index in [4.69, 9.17) is 0 Å². The molecule has 1 saturated heterocycles. The van der Waals surface area contributed by atoms with Crippen molar-refractivity contribution in [2.45, 2.75) is 25.8 Å². The van der Waals surface area contributed by atoms with Gasteiger partial charge >= 0.3 is 0 Å². The molecule has 10 heteroatoms. The van der Waals surface area contributed by atoms with Gasteiger partial charge in [0, 0.05) is 37.2 Å². The van der Waals surface area contributed by atoms with Crippen molar-refractivity contribution in [1.82, 2.24) is 14.7 Å². The Morgan fingerprint density at radius 1 is 1.23 bits per heavy atom. The van der Waals surface area contributed by atoms with E-state index in [1.807, 2.05) is 0 Å². The fraction of sp³-hybridized carbons (Fsp3) is 0.400. The summed E-state index contributed by atoms with van der Waals surface area (Å²) in [5.41, 5.74) is 0.538. The molecule has 2 aromatic rings. The average molecular weight is 427 g/mol. The summed E-state index contributed by atoms with van der Waals surface area (Å²) in [5.74, 6) is 1.05. The Morgan fingerprint density at radius 2 is 1.93 bits per heavy atom. The number of carbonyl (C=O) groups excluding carboxylic acids is 1. The molecular weight excluding hydrogens is 404 g/mol. The summed E-state index contributed by atoms with van der Waals surface area (Å²) in [6.07, 6.45) is 6.70. The maximum atomic E-state index is 13.0. The van der Waals surface area contributed by atoms with E-state index in [1.165, 1.54) is 0 Å². The van der Waals surface area contributed by atoms with Crippen LogP contribution in [-0.2, 0) is 21.4 Å². The lowest BCUT2D eigenvalue weighted by atomic mass is 9.83. The van der Waals surface area contributed by atoms with Gasteiger partial charge in [-0.2, -0.15) is 5.26 Å². The van der Waals surface area contributed by atoms with Crippen molar-refractivity contribution < 1.29 is 13.2 Å². The van der Waals surface area contributed by atoms with E-state index in [0.717, 1.165) is 24.7 Å². The zero-order chi connectivity index (χ0) is 21.4. The number of hydrogen-bond acceptors (Lipinski definition) is 7. The first-order valence-corrected chi connectivity index (χ1v) is 11.6. The molecule has 0 bridgehead atoms. The second-order valence-corrected chi connectivity index (χ2v) is 9.56. The number of carbonyl (C=O) groups is 1. The minimum Gasteiger partial charge on any atom is -0.325 e. The van der Waals surface area contributed by atoms with E-state index in [2.05, 4.69) is 26.1 Å². The molecule has 4 rings (SSSR count). The molecular formula is C20H22N6O3S. The topological polar surface area (TPSA) is 128 Å². The summed E-state index contributed by atoms with van der Waals surface area (Å²) in [4.78, 5) is 23.2. The summed E-state index contributed by atoms with van der Waals surface area (Å²) in [7, 11) is -3.29. The van der Waals surface area contributed by atoms with Crippen molar-refractivity contribution >= 4 is 33.3 Å². The number of rotatable bonds is 7. The largest absolute Gasteiger partial charge is 0.325 e. The standard InChI is InChI=1S/C20H22N6O3S/c1-30(28,29)24-12-14-4-7-22-17(10-14)25-18-11-16(5-8-23-18)26-9-6-20(13-21,19(26)27)15-2-3-15/h4-5,7-8,10-11,15,24H,2-3,6,9,12H2,1H3,(H,22,23,25)/t20-/m1/s1. The molecule has 1 atom stereocenters. The van der Waals surface area contributed by atoms with Crippen LogP contribution in [0.5, 0.6) is 0 Å². The minimum atomic E-state index is -3.29. The lowest BCUT2D eigenvalue weighted by Gasteiger charge is -2.21. The van der Waals surface area contributed by atoms with E-state index in [9.17, 15) is 18.5 Å². The van der Waals surface area contributed by atoms with Crippen molar-refractivity contribution in [3.05, 3.63) is 42.2 Å². The van der Waals surface area contributed by atoms with Crippen LogP contribution in [0.1, 0.15) is 24.8 Å². The quantitative estimate of drug-likeness (QED) is 0.692. The van der Waals surface area contributed by atoms with Gasteiger partial charge < -0.3 is 10.2 Å². The maximum Gasteiger partial charge on any atom is 0.247 e. The van der Waals surface area contributed by atoms with Crippen molar-refractivity contribution in [1.29, 1.82) is 5.26 Å². The molecule has 3 heterocycles. The van der Waals surface area contributed by atoms with Gasteiger partial charge in [0.25, 0.3) is 0 Å². The van der Waals surface area contributed by atoms with Crippen molar-refractivity contribution in [3.63, 3.8) is 0 Å². The number of anilines is 3. The number of nitriles is 1. The Kier molecular flexibility index (Phi) is 5.17. The first-order valence-electron chi connectivity index (χ1n) is 9.67. The van der Waals surface area contributed by atoms with E-state index < -0.39 is 15.4 Å². The molecule has 0 unspecified atom stereocenters. The van der Waals surface area contributed by atoms with Crippen LogP contribution in [0.4, 0.5) is 17.3 Å². The molecule has 2 fully saturated rings. The third-order valence-corrected chi connectivity index (χ3v) is 6.17. The molecule has 1 aliphatic heterocycles. The fourth-order valence-electron chi connectivity index (χ4n) is 3.79. The first-order chi connectivity index (χ1) is 14.3. The van der Waals surface area contributed by atoms with Gasteiger partial charge in [-0.15, -0.1) is 0 Å². The van der Waals surface area contributed by atoms with E-state index in [0.29, 0.717) is 30.3 Å². The number of hydrogen-bond donors (Lipinski definition) is 2. The molecule has 1 saturated carbocycles. The van der Waals surface area contributed by atoms with Gasteiger partial charge in [-0.05, 0) is 48.9 Å². The van der Waals surface area contributed by atoms with Crippen LogP contribution >= 0.6 is 0 Å². The molecule has 2 N–H and O–H groups in total. The van der Waals surface area contributed by atoms with Crippen LogP contribution in [0, 0.1) is 22.7 Å². The molecule has 1 amide bonds. The second-order valence-electron chi connectivity index (χ2n) is 7.73. The van der Waals surface area contributed by atoms with Crippen LogP contribution in [0.25, 0.3) is 0 Å². The van der Waals surface area contributed by atoms with Gasteiger partial charge in [0.1, 0.15) is 17.1 Å². The number of amides is 1. The van der Waals surface area contributed by atoms with Gasteiger partial charge in [0.2, 0.25) is 15.9 Å². The molecule has 9 nitrogen and oxygen atoms in total. The highest BCUT2D eigenvalue weighted by molar-refractivity contribution is 7.88. The van der Waals surface area contributed by atoms with Gasteiger partial charge in [-0.3, -0.25) is 4.79 Å². The highest BCUT2D eigenvalue weighted by Crippen LogP contribution is 2.51. The van der Waals surface area contributed by atoms with Gasteiger partial charge in [0.15, 0.2) is 0 Å². The van der Waals surface area contributed by atoms with E-state index >= 15 is 0 Å². The number of pyridine rings is 2. The number of sulfonamides is 1. The Morgan fingerprint density at radius 3 is 2.60 bits per heavy atom. The Bertz CT molecular complexity index is 1130. The van der Waals surface area contributed by atoms with Crippen molar-refractivity contribution in [2.75, 3.05) is 23.0 Å². The molecule has 0 aromatic carbocycles. The monoisotopic (exact) mass is 426 g/mol. The molecule has 1 aliphatic carbocycles. The number of aromatic nitrogens is 2. The van der Waals surface area contributed by atoms with Gasteiger partial charge in [0.05, 0.1) is 12.3 Å². The summed E-state index contributed by atoms with van der Waals surface area (Å²) < 4.78 is 25.0. The van der Waals surface area contributed by atoms with Crippen molar-refractivity contribution in [3.8, 4) is 6.07 Å². The second kappa shape index (κ2) is 7.66. The van der Waals surface area contributed by atoms with Gasteiger partial charge in [-0.25, -0.2) is 23.1 Å². The van der Waals surface area contributed by atoms with E-state index in [1.54, 1.807) is 41.6 Å². The normalized spacial score (nSPS) is 21.5. The lowest BCUT2D eigenvalue weighted by Crippen LogP contribution is -2.35. The average Bonchev–Trinajstić information content (AvgIpc) is 3.51. The van der Waals surface area contributed by atoms with Crippen LogP contribution in [0.3, 0.4) is 0 Å². The molecule has 2 aromatic heterocycles. The Labute approximate surface area is 175 Å². The lowest BCUT2D eigenvalue weighted by molar-refractivity contribution is -0.123. The molecule has 0 spiro atoms. The van der Waals surface area contributed by atoms with Crippen LogP contribution in [0.2, 0.25) is 0 Å². The Balaban J connectivity index is 1.50. The highest BCUT2D eigenvalue weighted by atomic mass is 32.2. The predicted octanol–water partition coefficient (Wildman–Crippen LogP) is 1.93. The molecule has 156 valence electrons. The highest BCUT2D eigenvalue weighted by Gasteiger charge is 2.56. The van der Waals surface area contributed by atoms with Crippen LogP contribution in [-0.4, -0.2) is 37.1 Å². The zero-order valence-corrected chi connectivity index (χ0v) is 17.3. The SMILES string of the molecule is CS(=O)(=O)NCc1ccnc(Nc2cc(N3CC[C@@](C#N)(C4CC4)C3=O)ccn2)c1. The summed E-state index contributed by atoms with van der Waals surface area (Å²) >= 11 is 0. The number of nitrogens with zero attached hydrogens (tertiary/aromatic N) is 4. The molecule has 0 radical (unpaired) electrons. The van der Waals surface area contributed by atoms with E-state index in [-0.39, 0.29) is 18.4 Å². The summed E-state index contributed by atoms with van der Waals surface area (Å²) in [5, 5.41) is 12.7. The first kappa shape index (κ1) is 20.3. The molecule has 30 heavy (non-hydrogen) atoms. The van der Waals surface area contributed by atoms with Crippen LogP contribution < -0.4 is 14.9 Å². The van der Waals surface area contributed by atoms with Crippen LogP contribution in [0.15, 0.2) is 36.7 Å². The minimum absolute atomic E-state index is 0.128. The van der Waals surface area contributed by atoms with Crippen molar-refractivity contribution in [2.24, 2.45) is 11.3 Å².